The van der Waals surface area contributed by atoms with Crippen molar-refractivity contribution in [3.63, 3.8) is 0 Å². The van der Waals surface area contributed by atoms with Gasteiger partial charge in [0.2, 0.25) is 5.91 Å². The second-order valence-corrected chi connectivity index (χ2v) is 7.79. The Balaban J connectivity index is 1.33. The van der Waals surface area contributed by atoms with Crippen LogP contribution in [0.2, 0.25) is 0 Å². The highest BCUT2D eigenvalue weighted by Crippen LogP contribution is 2.20. The van der Waals surface area contributed by atoms with E-state index in [1.54, 1.807) is 11.6 Å². The molecule has 2 amide bonds. The number of rotatable bonds is 7. The molecule has 0 saturated carbocycles. The lowest BCUT2D eigenvalue weighted by Crippen LogP contribution is -2.28. The Morgan fingerprint density at radius 3 is 2.83 bits per heavy atom. The van der Waals surface area contributed by atoms with Gasteiger partial charge in [0.15, 0.2) is 0 Å². The molecule has 0 fully saturated rings. The predicted octanol–water partition coefficient (Wildman–Crippen LogP) is 3.37. The molecule has 0 saturated heterocycles. The molecular weight excluding hydrogens is 398 g/mol. The van der Waals surface area contributed by atoms with Crippen LogP contribution in [0.1, 0.15) is 39.7 Å². The van der Waals surface area contributed by atoms with Crippen molar-refractivity contribution in [3.8, 4) is 0 Å². The van der Waals surface area contributed by atoms with Crippen LogP contribution in [-0.4, -0.2) is 26.8 Å². The Kier molecular flexibility index (Phi) is 5.85. The normalized spacial score (nSPS) is 11.9. The lowest BCUT2D eigenvalue weighted by molar-refractivity contribution is -0.121. The van der Waals surface area contributed by atoms with E-state index >= 15 is 0 Å². The summed E-state index contributed by atoms with van der Waals surface area (Å²) in [6.07, 6.45) is 3.82. The number of amides is 2. The minimum Gasteiger partial charge on any atom is -0.361 e. The van der Waals surface area contributed by atoms with Crippen molar-refractivity contribution in [2.75, 3.05) is 0 Å². The van der Waals surface area contributed by atoms with Crippen molar-refractivity contribution < 1.29 is 9.59 Å². The topological polar surface area (TPSA) is 99.8 Å². The number of para-hydroxylation sites is 1. The summed E-state index contributed by atoms with van der Waals surface area (Å²) in [5.74, 6) is -0.357. The highest BCUT2D eigenvalue weighted by molar-refractivity contribution is 7.09. The molecule has 7 nitrogen and oxygen atoms in total. The van der Waals surface area contributed by atoms with Gasteiger partial charge in [-0.2, -0.15) is 0 Å². The lowest BCUT2D eigenvalue weighted by Gasteiger charge is -2.11. The number of aromatic nitrogens is 3. The van der Waals surface area contributed by atoms with Crippen molar-refractivity contribution in [2.24, 2.45) is 0 Å². The maximum Gasteiger partial charge on any atom is 0.271 e. The van der Waals surface area contributed by atoms with E-state index in [4.69, 9.17) is 0 Å². The van der Waals surface area contributed by atoms with Gasteiger partial charge in [0.25, 0.3) is 5.91 Å². The van der Waals surface area contributed by atoms with Gasteiger partial charge in [-0.25, -0.2) is 4.98 Å². The van der Waals surface area contributed by atoms with Gasteiger partial charge >= 0.3 is 0 Å². The number of carbonyl (C=O) groups is 2. The SMILES string of the molecule is C[C@@H](NC(=O)Cc1c[nH]c2ccccc12)c1nc(C(=O)NCc2ccccn2)cs1. The molecule has 3 heterocycles. The largest absolute Gasteiger partial charge is 0.361 e. The summed E-state index contributed by atoms with van der Waals surface area (Å²) in [5, 5.41) is 9.20. The quantitative estimate of drug-likeness (QED) is 0.428. The van der Waals surface area contributed by atoms with Gasteiger partial charge in [0.05, 0.1) is 24.7 Å². The van der Waals surface area contributed by atoms with E-state index in [1.807, 2.05) is 55.6 Å². The van der Waals surface area contributed by atoms with E-state index in [0.29, 0.717) is 17.2 Å². The van der Waals surface area contributed by atoms with Gasteiger partial charge in [-0.1, -0.05) is 24.3 Å². The van der Waals surface area contributed by atoms with E-state index in [-0.39, 0.29) is 24.3 Å². The fourth-order valence-corrected chi connectivity index (χ4v) is 3.97. The van der Waals surface area contributed by atoms with E-state index in [2.05, 4.69) is 25.6 Å². The van der Waals surface area contributed by atoms with Crippen LogP contribution in [0, 0.1) is 0 Å². The number of benzene rings is 1. The average Bonchev–Trinajstić information content (AvgIpc) is 3.41. The zero-order chi connectivity index (χ0) is 20.9. The third-order valence-corrected chi connectivity index (χ3v) is 5.71. The number of pyridine rings is 1. The predicted molar refractivity (Wildman–Crippen MR) is 116 cm³/mol. The molecule has 4 aromatic rings. The van der Waals surface area contributed by atoms with E-state index in [0.717, 1.165) is 22.2 Å². The molecule has 0 bridgehead atoms. The summed E-state index contributed by atoms with van der Waals surface area (Å²) in [5.41, 5.74) is 3.07. The van der Waals surface area contributed by atoms with E-state index in [1.165, 1.54) is 11.3 Å². The Labute approximate surface area is 177 Å². The number of nitrogens with zero attached hydrogens (tertiary/aromatic N) is 2. The van der Waals surface area contributed by atoms with Crippen molar-refractivity contribution in [3.05, 3.63) is 82.2 Å². The fraction of sp³-hybridized carbons (Fsp3) is 0.182. The lowest BCUT2D eigenvalue weighted by atomic mass is 10.1. The third-order valence-electron chi connectivity index (χ3n) is 4.68. The zero-order valence-electron chi connectivity index (χ0n) is 16.4. The minimum atomic E-state index is -0.287. The second-order valence-electron chi connectivity index (χ2n) is 6.90. The maximum atomic E-state index is 12.5. The van der Waals surface area contributed by atoms with Crippen molar-refractivity contribution >= 4 is 34.1 Å². The summed E-state index contributed by atoms with van der Waals surface area (Å²) in [6, 6.07) is 13.1. The number of H-pyrrole nitrogens is 1. The first-order valence-electron chi connectivity index (χ1n) is 9.58. The summed E-state index contributed by atoms with van der Waals surface area (Å²) in [4.78, 5) is 36.6. The van der Waals surface area contributed by atoms with Crippen molar-refractivity contribution in [1.29, 1.82) is 0 Å². The van der Waals surface area contributed by atoms with Gasteiger partial charge in [-0.3, -0.25) is 14.6 Å². The minimum absolute atomic E-state index is 0.0939. The number of thiazole rings is 1. The van der Waals surface area contributed by atoms with Gasteiger partial charge < -0.3 is 15.6 Å². The van der Waals surface area contributed by atoms with Crippen molar-refractivity contribution in [1.82, 2.24) is 25.6 Å². The van der Waals surface area contributed by atoms with E-state index < -0.39 is 0 Å². The summed E-state index contributed by atoms with van der Waals surface area (Å²) in [6.45, 7) is 2.20. The first-order chi connectivity index (χ1) is 14.6. The molecule has 1 aromatic carbocycles. The van der Waals surface area contributed by atoms with Gasteiger partial charge in [-0.15, -0.1) is 11.3 Å². The van der Waals surface area contributed by atoms with Crippen LogP contribution in [0.5, 0.6) is 0 Å². The number of aromatic amines is 1. The first-order valence-corrected chi connectivity index (χ1v) is 10.5. The summed E-state index contributed by atoms with van der Waals surface area (Å²) in [7, 11) is 0. The molecule has 1 atom stereocenters. The van der Waals surface area contributed by atoms with Crippen LogP contribution in [0.15, 0.2) is 60.2 Å². The molecule has 0 unspecified atom stereocenters. The number of fused-ring (bicyclic) bond motifs is 1. The highest BCUT2D eigenvalue weighted by Gasteiger charge is 2.17. The van der Waals surface area contributed by atoms with Crippen LogP contribution in [0.25, 0.3) is 10.9 Å². The smallest absolute Gasteiger partial charge is 0.271 e. The van der Waals surface area contributed by atoms with Crippen LogP contribution in [0.4, 0.5) is 0 Å². The molecule has 0 radical (unpaired) electrons. The maximum absolute atomic E-state index is 12.5. The monoisotopic (exact) mass is 419 g/mol. The molecule has 8 heteroatoms. The number of nitrogens with one attached hydrogen (secondary N) is 3. The van der Waals surface area contributed by atoms with Gasteiger partial charge in [-0.05, 0) is 30.7 Å². The van der Waals surface area contributed by atoms with Crippen LogP contribution in [-0.2, 0) is 17.8 Å². The standard InChI is InChI=1S/C22H21N5O2S/c1-14(26-20(28)10-15-11-24-18-8-3-2-7-17(15)18)22-27-19(13-30-22)21(29)25-12-16-6-4-5-9-23-16/h2-9,11,13-14,24H,10,12H2,1H3,(H,25,29)(H,26,28)/t14-/m1/s1. The highest BCUT2D eigenvalue weighted by atomic mass is 32.1. The molecule has 4 rings (SSSR count). The van der Waals surface area contributed by atoms with Gasteiger partial charge in [0.1, 0.15) is 10.7 Å². The molecule has 0 aliphatic rings. The average molecular weight is 420 g/mol. The van der Waals surface area contributed by atoms with Crippen molar-refractivity contribution in [2.45, 2.75) is 25.9 Å². The van der Waals surface area contributed by atoms with Crippen LogP contribution < -0.4 is 10.6 Å². The molecule has 152 valence electrons. The molecule has 0 aliphatic carbocycles. The number of carbonyl (C=O) groups excluding carboxylic acids is 2. The van der Waals surface area contributed by atoms with Crippen LogP contribution >= 0.6 is 11.3 Å². The Morgan fingerprint density at radius 1 is 1.17 bits per heavy atom. The zero-order valence-corrected chi connectivity index (χ0v) is 17.2. The van der Waals surface area contributed by atoms with Crippen LogP contribution in [0.3, 0.4) is 0 Å². The van der Waals surface area contributed by atoms with Gasteiger partial charge in [0, 0.05) is 28.7 Å². The molecule has 3 N–H and O–H groups in total. The number of hydrogen-bond acceptors (Lipinski definition) is 5. The number of hydrogen-bond donors (Lipinski definition) is 3. The molecule has 3 aromatic heterocycles. The molecule has 0 aliphatic heterocycles. The molecule has 30 heavy (non-hydrogen) atoms. The Hall–Kier alpha value is -3.52. The summed E-state index contributed by atoms with van der Waals surface area (Å²) >= 11 is 1.35. The fourth-order valence-electron chi connectivity index (χ4n) is 3.16. The third kappa shape index (κ3) is 4.55. The Bertz CT molecular complexity index is 1170. The Morgan fingerprint density at radius 2 is 2.00 bits per heavy atom. The summed E-state index contributed by atoms with van der Waals surface area (Å²) < 4.78 is 0. The second kappa shape index (κ2) is 8.87. The molecular formula is C22H21N5O2S. The first kappa shape index (κ1) is 19.8. The molecule has 0 spiro atoms. The van der Waals surface area contributed by atoms with E-state index in [9.17, 15) is 9.59 Å².